The van der Waals surface area contributed by atoms with Crippen LogP contribution in [0.3, 0.4) is 0 Å². The zero-order valence-electron chi connectivity index (χ0n) is 7.12. The second-order valence-corrected chi connectivity index (χ2v) is 2.53. The summed E-state index contributed by atoms with van der Waals surface area (Å²) in [5, 5.41) is 10.3. The van der Waals surface area contributed by atoms with Gasteiger partial charge in [0.05, 0.1) is 4.92 Å². The minimum atomic E-state index is -4.84. The maximum Gasteiger partial charge on any atom is 0.573 e. The average molecular weight is 222 g/mol. The number of ether oxygens (including phenoxy) is 1. The van der Waals surface area contributed by atoms with Gasteiger partial charge in [0.1, 0.15) is 11.4 Å². The predicted octanol–water partition coefficient (Wildman–Crippen LogP) is 2.08. The van der Waals surface area contributed by atoms with E-state index in [0.717, 1.165) is 18.2 Å². The van der Waals surface area contributed by atoms with Gasteiger partial charge in [0.25, 0.3) is 5.69 Å². The van der Waals surface area contributed by atoms with Gasteiger partial charge in [-0.3, -0.25) is 10.1 Å². The highest BCUT2D eigenvalue weighted by atomic mass is 19.4. The lowest BCUT2D eigenvalue weighted by molar-refractivity contribution is -0.384. The van der Waals surface area contributed by atoms with Gasteiger partial charge in [-0.1, -0.05) is 0 Å². The van der Waals surface area contributed by atoms with Gasteiger partial charge in [-0.15, -0.1) is 13.2 Å². The van der Waals surface area contributed by atoms with Gasteiger partial charge < -0.3 is 10.5 Å². The number of nitrogen functional groups attached to an aromatic ring is 1. The number of halogens is 3. The van der Waals surface area contributed by atoms with E-state index in [9.17, 15) is 23.3 Å². The molecule has 0 bridgehead atoms. The Hall–Kier alpha value is -1.99. The van der Waals surface area contributed by atoms with Crippen LogP contribution in [0.5, 0.6) is 5.75 Å². The Kier molecular flexibility index (Phi) is 2.69. The minimum Gasteiger partial charge on any atom is -0.406 e. The van der Waals surface area contributed by atoms with Crippen LogP contribution in [0.2, 0.25) is 0 Å². The van der Waals surface area contributed by atoms with Gasteiger partial charge in [0.2, 0.25) is 0 Å². The molecule has 1 rings (SSSR count). The van der Waals surface area contributed by atoms with Crippen LogP contribution < -0.4 is 10.5 Å². The number of nitrogens with two attached hydrogens (primary N) is 1. The molecule has 0 spiro atoms. The molecule has 0 heterocycles. The van der Waals surface area contributed by atoms with E-state index >= 15 is 0 Å². The number of hydrogen-bond donors (Lipinski definition) is 1. The van der Waals surface area contributed by atoms with Gasteiger partial charge in [-0.05, 0) is 6.07 Å². The summed E-state index contributed by atoms with van der Waals surface area (Å²) >= 11 is 0. The lowest BCUT2D eigenvalue weighted by atomic mass is 10.2. The van der Waals surface area contributed by atoms with Crippen molar-refractivity contribution in [1.82, 2.24) is 0 Å². The second kappa shape index (κ2) is 3.64. The molecule has 8 heteroatoms. The van der Waals surface area contributed by atoms with Gasteiger partial charge in [0.15, 0.2) is 0 Å². The first-order valence-electron chi connectivity index (χ1n) is 3.59. The van der Waals surface area contributed by atoms with Crippen LogP contribution in [0.25, 0.3) is 0 Å². The van der Waals surface area contributed by atoms with Crippen molar-refractivity contribution in [2.75, 3.05) is 5.73 Å². The third-order valence-corrected chi connectivity index (χ3v) is 1.43. The Morgan fingerprint density at radius 1 is 1.40 bits per heavy atom. The minimum absolute atomic E-state index is 0.387. The number of anilines is 1. The topological polar surface area (TPSA) is 78.4 Å². The van der Waals surface area contributed by atoms with Crippen molar-refractivity contribution in [2.45, 2.75) is 6.36 Å². The molecule has 1 aromatic carbocycles. The lowest BCUT2D eigenvalue weighted by Gasteiger charge is -2.08. The first-order chi connectivity index (χ1) is 6.79. The van der Waals surface area contributed by atoms with Crippen molar-refractivity contribution in [3.8, 4) is 5.75 Å². The number of benzene rings is 1. The van der Waals surface area contributed by atoms with E-state index in [4.69, 9.17) is 5.73 Å². The molecule has 1 aromatic rings. The molecule has 0 saturated heterocycles. The second-order valence-electron chi connectivity index (χ2n) is 2.53. The molecule has 0 radical (unpaired) electrons. The number of alkyl halides is 3. The van der Waals surface area contributed by atoms with Crippen molar-refractivity contribution in [3.63, 3.8) is 0 Å². The third-order valence-electron chi connectivity index (χ3n) is 1.43. The van der Waals surface area contributed by atoms with Crippen LogP contribution in [0.4, 0.5) is 24.5 Å². The van der Waals surface area contributed by atoms with E-state index in [2.05, 4.69) is 4.74 Å². The summed E-state index contributed by atoms with van der Waals surface area (Å²) in [6.45, 7) is 0. The number of hydrogen-bond acceptors (Lipinski definition) is 4. The van der Waals surface area contributed by atoms with E-state index in [1.54, 1.807) is 0 Å². The Morgan fingerprint density at radius 3 is 2.40 bits per heavy atom. The van der Waals surface area contributed by atoms with Gasteiger partial charge in [0, 0.05) is 12.1 Å². The Bertz CT molecular complexity index is 392. The monoisotopic (exact) mass is 222 g/mol. The lowest BCUT2D eigenvalue weighted by Crippen LogP contribution is -2.17. The number of nitrogens with zero attached hydrogens (tertiary/aromatic N) is 1. The van der Waals surface area contributed by atoms with Crippen molar-refractivity contribution in [2.24, 2.45) is 0 Å². The molecule has 0 aliphatic carbocycles. The molecule has 5 nitrogen and oxygen atoms in total. The first kappa shape index (κ1) is 11.1. The molecule has 15 heavy (non-hydrogen) atoms. The fraction of sp³-hybridized carbons (Fsp3) is 0.143. The SMILES string of the molecule is Nc1cc(OC(F)(F)F)ccc1[N+](=O)[O-]. The van der Waals surface area contributed by atoms with Gasteiger partial charge >= 0.3 is 6.36 Å². The van der Waals surface area contributed by atoms with Crippen molar-refractivity contribution >= 4 is 11.4 Å². The fourth-order valence-corrected chi connectivity index (χ4v) is 0.896. The maximum atomic E-state index is 11.7. The van der Waals surface area contributed by atoms with E-state index in [1.807, 2.05) is 0 Å². The highest BCUT2D eigenvalue weighted by Gasteiger charge is 2.31. The van der Waals surface area contributed by atoms with E-state index in [0.29, 0.717) is 0 Å². The van der Waals surface area contributed by atoms with Crippen LogP contribution in [-0.4, -0.2) is 11.3 Å². The maximum absolute atomic E-state index is 11.7. The van der Waals surface area contributed by atoms with Crippen LogP contribution >= 0.6 is 0 Å². The molecular weight excluding hydrogens is 217 g/mol. The highest BCUT2D eigenvalue weighted by molar-refractivity contribution is 5.60. The molecule has 82 valence electrons. The predicted molar refractivity (Wildman–Crippen MR) is 44.2 cm³/mol. The quantitative estimate of drug-likeness (QED) is 0.472. The van der Waals surface area contributed by atoms with E-state index < -0.39 is 22.7 Å². The summed E-state index contributed by atoms with van der Waals surface area (Å²) < 4.78 is 38.7. The smallest absolute Gasteiger partial charge is 0.406 e. The standard InChI is InChI=1S/C7H5F3N2O3/c8-7(9,10)15-4-1-2-6(12(13)14)5(11)3-4/h1-3H,11H2. The molecule has 0 saturated carbocycles. The fourth-order valence-electron chi connectivity index (χ4n) is 0.896. The Morgan fingerprint density at radius 2 is 2.00 bits per heavy atom. The Labute approximate surface area is 81.4 Å². The van der Waals surface area contributed by atoms with E-state index in [-0.39, 0.29) is 5.69 Å². The van der Waals surface area contributed by atoms with Crippen LogP contribution in [-0.2, 0) is 0 Å². The molecule has 0 aliphatic heterocycles. The summed E-state index contributed by atoms with van der Waals surface area (Å²) in [5.74, 6) is -0.592. The summed E-state index contributed by atoms with van der Waals surface area (Å²) in [7, 11) is 0. The largest absolute Gasteiger partial charge is 0.573 e. The summed E-state index contributed by atoms with van der Waals surface area (Å²) in [6, 6.07) is 2.41. The van der Waals surface area contributed by atoms with Crippen molar-refractivity contribution < 1.29 is 22.8 Å². The van der Waals surface area contributed by atoms with Crippen molar-refractivity contribution in [3.05, 3.63) is 28.3 Å². The average Bonchev–Trinajstić information content (AvgIpc) is 1.99. The molecule has 0 aromatic heterocycles. The molecule has 0 atom stereocenters. The molecule has 2 N–H and O–H groups in total. The summed E-state index contributed by atoms with van der Waals surface area (Å²) in [5.41, 5.74) is 4.30. The molecule has 0 fully saturated rings. The Balaban J connectivity index is 2.97. The molecular formula is C7H5F3N2O3. The summed E-state index contributed by atoms with van der Waals surface area (Å²) in [6.07, 6.45) is -4.84. The highest BCUT2D eigenvalue weighted by Crippen LogP contribution is 2.29. The normalized spacial score (nSPS) is 11.1. The van der Waals surface area contributed by atoms with Gasteiger partial charge in [-0.2, -0.15) is 0 Å². The zero-order chi connectivity index (χ0) is 11.6. The van der Waals surface area contributed by atoms with Crippen molar-refractivity contribution in [1.29, 1.82) is 0 Å². The first-order valence-corrected chi connectivity index (χ1v) is 3.59. The van der Waals surface area contributed by atoms with Gasteiger partial charge in [-0.25, -0.2) is 0 Å². The summed E-state index contributed by atoms with van der Waals surface area (Å²) in [4.78, 5) is 9.48. The van der Waals surface area contributed by atoms with Crippen LogP contribution in [0.1, 0.15) is 0 Å². The molecule has 0 aliphatic rings. The van der Waals surface area contributed by atoms with Crippen LogP contribution in [0.15, 0.2) is 18.2 Å². The zero-order valence-corrected chi connectivity index (χ0v) is 7.12. The number of rotatable bonds is 2. The molecule has 0 unspecified atom stereocenters. The number of nitro benzene ring substituents is 1. The molecule has 0 amide bonds. The van der Waals surface area contributed by atoms with E-state index in [1.165, 1.54) is 0 Å². The third kappa shape index (κ3) is 3.01. The number of nitro groups is 1. The van der Waals surface area contributed by atoms with Crippen LogP contribution in [0, 0.1) is 10.1 Å².